The van der Waals surface area contributed by atoms with Crippen molar-refractivity contribution in [3.8, 4) is 5.88 Å². The lowest BCUT2D eigenvalue weighted by Gasteiger charge is -2.08. The number of aliphatic hydroxyl groups excluding tert-OH is 1. The SMILES string of the molecule is COc1cnc2cc(C(O)CN)ccc2n1. The Kier molecular flexibility index (Phi) is 2.98. The third-order valence-electron chi connectivity index (χ3n) is 2.36. The molecule has 0 aliphatic heterocycles. The summed E-state index contributed by atoms with van der Waals surface area (Å²) >= 11 is 0. The van der Waals surface area contributed by atoms with Gasteiger partial charge in [0.2, 0.25) is 5.88 Å². The maximum absolute atomic E-state index is 9.59. The van der Waals surface area contributed by atoms with Crippen molar-refractivity contribution in [1.82, 2.24) is 9.97 Å². The molecule has 1 heterocycles. The number of hydrogen-bond acceptors (Lipinski definition) is 5. The van der Waals surface area contributed by atoms with E-state index in [0.29, 0.717) is 11.4 Å². The first-order chi connectivity index (χ1) is 7.74. The van der Waals surface area contributed by atoms with E-state index in [1.807, 2.05) is 0 Å². The van der Waals surface area contributed by atoms with E-state index < -0.39 is 6.10 Å². The molecule has 0 amide bonds. The van der Waals surface area contributed by atoms with Crippen LogP contribution in [-0.4, -0.2) is 28.7 Å². The van der Waals surface area contributed by atoms with Crippen LogP contribution in [-0.2, 0) is 0 Å². The molecule has 0 saturated carbocycles. The van der Waals surface area contributed by atoms with Crippen molar-refractivity contribution in [1.29, 1.82) is 0 Å². The van der Waals surface area contributed by atoms with Gasteiger partial charge in [0, 0.05) is 6.54 Å². The Morgan fingerprint density at radius 2 is 2.25 bits per heavy atom. The van der Waals surface area contributed by atoms with Gasteiger partial charge in [-0.05, 0) is 17.7 Å². The predicted molar refractivity (Wildman–Crippen MR) is 60.1 cm³/mol. The lowest BCUT2D eigenvalue weighted by molar-refractivity contribution is 0.187. The first kappa shape index (κ1) is 10.8. The van der Waals surface area contributed by atoms with Gasteiger partial charge in [0.25, 0.3) is 0 Å². The highest BCUT2D eigenvalue weighted by atomic mass is 16.5. The highest BCUT2D eigenvalue weighted by Gasteiger charge is 2.07. The molecule has 0 saturated heterocycles. The number of fused-ring (bicyclic) bond motifs is 1. The second kappa shape index (κ2) is 4.42. The van der Waals surface area contributed by atoms with Crippen LogP contribution in [0.15, 0.2) is 24.4 Å². The quantitative estimate of drug-likeness (QED) is 0.791. The molecule has 5 nitrogen and oxygen atoms in total. The molecule has 1 unspecified atom stereocenters. The van der Waals surface area contributed by atoms with E-state index in [9.17, 15) is 5.11 Å². The van der Waals surface area contributed by atoms with Crippen LogP contribution in [0.2, 0.25) is 0 Å². The number of aromatic nitrogens is 2. The lowest BCUT2D eigenvalue weighted by Crippen LogP contribution is -2.11. The Balaban J connectivity index is 2.47. The number of nitrogens with zero attached hydrogens (tertiary/aromatic N) is 2. The summed E-state index contributed by atoms with van der Waals surface area (Å²) in [6.45, 7) is 0.190. The number of rotatable bonds is 3. The minimum Gasteiger partial charge on any atom is -0.480 e. The monoisotopic (exact) mass is 219 g/mol. The standard InChI is InChI=1S/C11H13N3O2/c1-16-11-6-13-9-4-7(10(15)5-12)2-3-8(9)14-11/h2-4,6,10,15H,5,12H2,1H3. The summed E-state index contributed by atoms with van der Waals surface area (Å²) in [6, 6.07) is 5.35. The van der Waals surface area contributed by atoms with Crippen molar-refractivity contribution in [3.63, 3.8) is 0 Å². The van der Waals surface area contributed by atoms with Crippen LogP contribution < -0.4 is 10.5 Å². The van der Waals surface area contributed by atoms with Gasteiger partial charge in [-0.3, -0.25) is 0 Å². The van der Waals surface area contributed by atoms with Crippen LogP contribution in [0.3, 0.4) is 0 Å². The molecule has 16 heavy (non-hydrogen) atoms. The highest BCUT2D eigenvalue weighted by molar-refractivity contribution is 5.75. The second-order valence-electron chi connectivity index (χ2n) is 3.41. The summed E-state index contributed by atoms with van der Waals surface area (Å²) in [4.78, 5) is 8.41. The Morgan fingerprint density at radius 3 is 2.94 bits per heavy atom. The summed E-state index contributed by atoms with van der Waals surface area (Å²) in [5.74, 6) is 0.472. The van der Waals surface area contributed by atoms with Crippen LogP contribution in [0.25, 0.3) is 11.0 Å². The predicted octanol–water partition coefficient (Wildman–Crippen LogP) is 0.631. The Morgan fingerprint density at radius 1 is 1.44 bits per heavy atom. The minimum atomic E-state index is -0.659. The molecule has 1 atom stereocenters. The van der Waals surface area contributed by atoms with Crippen molar-refractivity contribution in [2.75, 3.05) is 13.7 Å². The molecular weight excluding hydrogens is 206 g/mol. The largest absolute Gasteiger partial charge is 0.480 e. The smallest absolute Gasteiger partial charge is 0.232 e. The zero-order valence-corrected chi connectivity index (χ0v) is 8.92. The third kappa shape index (κ3) is 1.95. The molecule has 1 aromatic carbocycles. The molecular formula is C11H13N3O2. The van der Waals surface area contributed by atoms with Crippen LogP contribution in [0.5, 0.6) is 5.88 Å². The van der Waals surface area contributed by atoms with Gasteiger partial charge in [-0.1, -0.05) is 6.07 Å². The summed E-state index contributed by atoms with van der Waals surface area (Å²) in [5, 5.41) is 9.59. The molecule has 84 valence electrons. The van der Waals surface area contributed by atoms with Crippen LogP contribution in [0, 0.1) is 0 Å². The van der Waals surface area contributed by atoms with Gasteiger partial charge in [0.1, 0.15) is 0 Å². The third-order valence-corrected chi connectivity index (χ3v) is 2.36. The van der Waals surface area contributed by atoms with Gasteiger partial charge in [-0.2, -0.15) is 0 Å². The van der Waals surface area contributed by atoms with E-state index in [-0.39, 0.29) is 6.54 Å². The lowest BCUT2D eigenvalue weighted by atomic mass is 10.1. The molecule has 0 aliphatic carbocycles. The van der Waals surface area contributed by atoms with E-state index in [4.69, 9.17) is 10.5 Å². The van der Waals surface area contributed by atoms with Crippen molar-refractivity contribution in [2.24, 2.45) is 5.73 Å². The van der Waals surface area contributed by atoms with Crippen LogP contribution >= 0.6 is 0 Å². The number of methoxy groups -OCH3 is 1. The number of benzene rings is 1. The van der Waals surface area contributed by atoms with Crippen molar-refractivity contribution in [2.45, 2.75) is 6.10 Å². The number of nitrogens with two attached hydrogens (primary N) is 1. The number of hydrogen-bond donors (Lipinski definition) is 2. The summed E-state index contributed by atoms with van der Waals surface area (Å²) in [7, 11) is 1.54. The van der Waals surface area contributed by atoms with Crippen LogP contribution in [0.1, 0.15) is 11.7 Å². The van der Waals surface area contributed by atoms with E-state index in [2.05, 4.69) is 9.97 Å². The second-order valence-corrected chi connectivity index (χ2v) is 3.41. The van der Waals surface area contributed by atoms with E-state index in [1.54, 1.807) is 31.5 Å². The van der Waals surface area contributed by atoms with Gasteiger partial charge < -0.3 is 15.6 Å². The fourth-order valence-corrected chi connectivity index (χ4v) is 1.45. The Hall–Kier alpha value is -1.72. The topological polar surface area (TPSA) is 81.3 Å². The fourth-order valence-electron chi connectivity index (χ4n) is 1.45. The first-order valence-electron chi connectivity index (χ1n) is 4.93. The number of ether oxygens (including phenoxy) is 1. The maximum atomic E-state index is 9.59. The molecule has 0 aliphatic rings. The Bertz CT molecular complexity index is 502. The number of aliphatic hydroxyl groups is 1. The highest BCUT2D eigenvalue weighted by Crippen LogP contribution is 2.18. The average Bonchev–Trinajstić information content (AvgIpc) is 2.36. The summed E-state index contributed by atoms with van der Waals surface area (Å²) < 4.78 is 4.98. The van der Waals surface area contributed by atoms with Gasteiger partial charge in [-0.25, -0.2) is 9.97 Å². The molecule has 2 aromatic rings. The zero-order valence-electron chi connectivity index (χ0n) is 8.92. The molecule has 0 radical (unpaired) electrons. The van der Waals surface area contributed by atoms with Gasteiger partial charge in [0.15, 0.2) is 0 Å². The molecule has 1 aromatic heterocycles. The summed E-state index contributed by atoms with van der Waals surface area (Å²) in [6.07, 6.45) is 0.884. The molecule has 2 rings (SSSR count). The van der Waals surface area contributed by atoms with Gasteiger partial charge >= 0.3 is 0 Å². The van der Waals surface area contributed by atoms with Gasteiger partial charge in [0.05, 0.1) is 30.4 Å². The molecule has 5 heteroatoms. The molecule has 0 bridgehead atoms. The summed E-state index contributed by atoms with van der Waals surface area (Å²) in [5.41, 5.74) is 7.58. The fraction of sp³-hybridized carbons (Fsp3) is 0.273. The minimum absolute atomic E-state index is 0.190. The molecule has 3 N–H and O–H groups in total. The Labute approximate surface area is 92.9 Å². The van der Waals surface area contributed by atoms with Gasteiger partial charge in [-0.15, -0.1) is 0 Å². The zero-order chi connectivity index (χ0) is 11.5. The van der Waals surface area contributed by atoms with Crippen molar-refractivity contribution in [3.05, 3.63) is 30.0 Å². The molecule has 0 fully saturated rings. The van der Waals surface area contributed by atoms with E-state index in [0.717, 1.165) is 11.1 Å². The van der Waals surface area contributed by atoms with E-state index >= 15 is 0 Å². The van der Waals surface area contributed by atoms with Crippen molar-refractivity contribution < 1.29 is 9.84 Å². The first-order valence-corrected chi connectivity index (χ1v) is 4.93. The normalized spacial score (nSPS) is 12.7. The van der Waals surface area contributed by atoms with Crippen molar-refractivity contribution >= 4 is 11.0 Å². The average molecular weight is 219 g/mol. The maximum Gasteiger partial charge on any atom is 0.232 e. The molecule has 0 spiro atoms. The van der Waals surface area contributed by atoms with E-state index in [1.165, 1.54) is 0 Å². The van der Waals surface area contributed by atoms with Crippen LogP contribution in [0.4, 0.5) is 0 Å².